The molecule has 8 nitrogen and oxygen atoms in total. The second-order valence-corrected chi connectivity index (χ2v) is 13.0. The third-order valence-corrected chi connectivity index (χ3v) is 9.74. The number of anilines is 1. The molecule has 0 saturated carbocycles. The van der Waals surface area contributed by atoms with Crippen molar-refractivity contribution in [3.63, 3.8) is 0 Å². The number of rotatable bonds is 12. The molecule has 0 unspecified atom stereocenters. The number of nitrogens with zero attached hydrogens (tertiary/aromatic N) is 2. The standard InChI is InChI=1S/C39H44N6O2/c46-38(42-22-18-29-24-43-34-11-4-1-8-31(29)34)28-16-14-27(15-17-28)25-45-23-19-30(26-45)39(47)41-21-7-20-40-37-32-9-2-5-12-35(32)44-36-13-6-3-10-33(36)37/h1-2,4-5,8-9,11-12,14-17,24,30,43H,3,6-7,10,13,18-23,25-26H2,(H,40,44)(H,41,47)(H,42,46)/t30-/m0/s1. The smallest absolute Gasteiger partial charge is 0.251 e. The molecule has 1 saturated heterocycles. The van der Waals surface area contributed by atoms with Crippen molar-refractivity contribution in [3.8, 4) is 0 Å². The molecule has 47 heavy (non-hydrogen) atoms. The highest BCUT2D eigenvalue weighted by molar-refractivity contribution is 5.94. The highest BCUT2D eigenvalue weighted by Gasteiger charge is 2.28. The van der Waals surface area contributed by atoms with Crippen molar-refractivity contribution in [1.29, 1.82) is 0 Å². The van der Waals surface area contributed by atoms with Crippen LogP contribution in [-0.4, -0.2) is 59.4 Å². The van der Waals surface area contributed by atoms with Gasteiger partial charge in [0.15, 0.2) is 0 Å². The number of amides is 2. The maximum absolute atomic E-state index is 13.0. The molecule has 2 amide bonds. The van der Waals surface area contributed by atoms with Crippen LogP contribution in [0, 0.1) is 5.92 Å². The molecule has 2 aromatic heterocycles. The van der Waals surface area contributed by atoms with Crippen molar-refractivity contribution < 1.29 is 9.59 Å². The summed E-state index contributed by atoms with van der Waals surface area (Å²) in [6, 6.07) is 24.5. The molecule has 3 heterocycles. The lowest BCUT2D eigenvalue weighted by atomic mass is 9.92. The lowest BCUT2D eigenvalue weighted by Crippen LogP contribution is -2.33. The predicted octanol–water partition coefficient (Wildman–Crippen LogP) is 6.01. The van der Waals surface area contributed by atoms with Gasteiger partial charge < -0.3 is 20.9 Å². The van der Waals surface area contributed by atoms with Crippen LogP contribution in [0.2, 0.25) is 0 Å². The first-order chi connectivity index (χ1) is 23.1. The Morgan fingerprint density at radius 2 is 1.68 bits per heavy atom. The second kappa shape index (κ2) is 14.4. The van der Waals surface area contributed by atoms with E-state index in [1.54, 1.807) is 0 Å². The number of carbonyl (C=O) groups excluding carboxylic acids is 2. The normalized spacial score (nSPS) is 16.3. The highest BCUT2D eigenvalue weighted by atomic mass is 16.2. The van der Waals surface area contributed by atoms with E-state index in [1.165, 1.54) is 46.1 Å². The minimum Gasteiger partial charge on any atom is -0.384 e. The molecule has 1 aliphatic carbocycles. The van der Waals surface area contributed by atoms with Crippen LogP contribution < -0.4 is 16.0 Å². The molecule has 1 fully saturated rings. The SMILES string of the molecule is O=C(NCCc1c[nH]c2ccccc12)c1ccc(CN2CC[C@H](C(=O)NCCCNc3c4c(nc5ccccc35)CCCC4)C2)cc1. The molecule has 0 radical (unpaired) electrons. The van der Waals surface area contributed by atoms with E-state index in [9.17, 15) is 9.59 Å². The Morgan fingerprint density at radius 3 is 2.57 bits per heavy atom. The fraction of sp³-hybridized carbons (Fsp3) is 0.359. The van der Waals surface area contributed by atoms with E-state index in [4.69, 9.17) is 4.98 Å². The van der Waals surface area contributed by atoms with Crippen molar-refractivity contribution in [1.82, 2.24) is 25.5 Å². The lowest BCUT2D eigenvalue weighted by Gasteiger charge is -2.21. The first-order valence-electron chi connectivity index (χ1n) is 17.2. The van der Waals surface area contributed by atoms with Gasteiger partial charge in [-0.3, -0.25) is 19.5 Å². The van der Waals surface area contributed by atoms with Gasteiger partial charge in [0.25, 0.3) is 5.91 Å². The summed E-state index contributed by atoms with van der Waals surface area (Å²) in [7, 11) is 0. The van der Waals surface area contributed by atoms with Crippen LogP contribution in [0.25, 0.3) is 21.8 Å². The van der Waals surface area contributed by atoms with Gasteiger partial charge in [-0.15, -0.1) is 0 Å². The van der Waals surface area contributed by atoms with E-state index in [2.05, 4.69) is 62.2 Å². The van der Waals surface area contributed by atoms with Crippen LogP contribution in [0.1, 0.15) is 58.4 Å². The number of H-pyrrole nitrogens is 1. The van der Waals surface area contributed by atoms with Crippen molar-refractivity contribution in [2.75, 3.05) is 38.0 Å². The molecule has 0 spiro atoms. The Morgan fingerprint density at radius 1 is 0.872 bits per heavy atom. The molecule has 8 heteroatoms. The number of para-hydroxylation sites is 2. The average Bonchev–Trinajstić information content (AvgIpc) is 3.75. The van der Waals surface area contributed by atoms with Crippen molar-refractivity contribution >= 4 is 39.3 Å². The van der Waals surface area contributed by atoms with Gasteiger partial charge in [-0.05, 0) is 92.4 Å². The van der Waals surface area contributed by atoms with Gasteiger partial charge in [-0.25, -0.2) is 0 Å². The van der Waals surface area contributed by atoms with E-state index < -0.39 is 0 Å². The van der Waals surface area contributed by atoms with E-state index in [1.807, 2.05) is 42.6 Å². The molecule has 3 aromatic carbocycles. The molecular formula is C39H44N6O2. The summed E-state index contributed by atoms with van der Waals surface area (Å²) in [5.41, 5.74) is 9.05. The van der Waals surface area contributed by atoms with Crippen LogP contribution in [0.4, 0.5) is 5.69 Å². The van der Waals surface area contributed by atoms with Gasteiger partial charge >= 0.3 is 0 Å². The molecule has 0 bridgehead atoms. The second-order valence-electron chi connectivity index (χ2n) is 13.0. The van der Waals surface area contributed by atoms with Crippen LogP contribution in [0.3, 0.4) is 0 Å². The average molecular weight is 629 g/mol. The number of aromatic amines is 1. The molecule has 2 aliphatic rings. The molecular weight excluding hydrogens is 584 g/mol. The first kappa shape index (κ1) is 30.9. The topological polar surface area (TPSA) is 102 Å². The Balaban J connectivity index is 0.825. The largest absolute Gasteiger partial charge is 0.384 e. The number of fused-ring (bicyclic) bond motifs is 3. The van der Waals surface area contributed by atoms with Gasteiger partial charge in [0.05, 0.1) is 11.4 Å². The van der Waals surface area contributed by atoms with Crippen molar-refractivity contribution in [3.05, 3.63) is 107 Å². The zero-order chi connectivity index (χ0) is 32.0. The molecule has 242 valence electrons. The first-order valence-corrected chi connectivity index (χ1v) is 17.2. The Bertz CT molecular complexity index is 1860. The zero-order valence-electron chi connectivity index (χ0n) is 27.0. The fourth-order valence-electron chi connectivity index (χ4n) is 7.19. The summed E-state index contributed by atoms with van der Waals surface area (Å²) in [4.78, 5) is 36.3. The molecule has 7 rings (SSSR count). The van der Waals surface area contributed by atoms with E-state index in [0.29, 0.717) is 18.7 Å². The van der Waals surface area contributed by atoms with Gasteiger partial charge in [0.2, 0.25) is 5.91 Å². The Labute approximate surface area is 276 Å². The maximum Gasteiger partial charge on any atom is 0.251 e. The molecule has 1 atom stereocenters. The summed E-state index contributed by atoms with van der Waals surface area (Å²) in [5.74, 6) is 0.109. The highest BCUT2D eigenvalue weighted by Crippen LogP contribution is 2.33. The maximum atomic E-state index is 13.0. The Hall–Kier alpha value is -4.69. The number of pyridine rings is 1. The third kappa shape index (κ3) is 7.18. The van der Waals surface area contributed by atoms with Crippen LogP contribution in [-0.2, 0) is 30.6 Å². The lowest BCUT2D eigenvalue weighted by molar-refractivity contribution is -0.124. The molecule has 4 N–H and O–H groups in total. The number of benzene rings is 3. The number of hydrogen-bond acceptors (Lipinski definition) is 5. The van der Waals surface area contributed by atoms with E-state index >= 15 is 0 Å². The van der Waals surface area contributed by atoms with Crippen LogP contribution >= 0.6 is 0 Å². The fourth-order valence-corrected chi connectivity index (χ4v) is 7.19. The summed E-state index contributed by atoms with van der Waals surface area (Å²) in [5, 5.41) is 12.3. The number of likely N-dealkylation sites (tertiary alicyclic amines) is 1. The van der Waals surface area contributed by atoms with Gasteiger partial charge in [0, 0.05) is 72.2 Å². The third-order valence-electron chi connectivity index (χ3n) is 9.74. The van der Waals surface area contributed by atoms with Gasteiger partial charge in [-0.2, -0.15) is 0 Å². The van der Waals surface area contributed by atoms with E-state index in [-0.39, 0.29) is 17.7 Å². The Kier molecular flexibility index (Phi) is 9.47. The molecule has 1 aliphatic heterocycles. The van der Waals surface area contributed by atoms with Crippen LogP contribution in [0.5, 0.6) is 0 Å². The van der Waals surface area contributed by atoms with E-state index in [0.717, 1.165) is 74.9 Å². The number of aryl methyl sites for hydroxylation is 1. The quantitative estimate of drug-likeness (QED) is 0.127. The minimum atomic E-state index is -0.0574. The summed E-state index contributed by atoms with van der Waals surface area (Å²) in [6.07, 6.45) is 9.10. The van der Waals surface area contributed by atoms with Crippen molar-refractivity contribution in [2.24, 2.45) is 5.92 Å². The minimum absolute atomic E-state index is 0.0151. The number of carbonyl (C=O) groups is 2. The predicted molar refractivity (Wildman–Crippen MR) is 189 cm³/mol. The summed E-state index contributed by atoms with van der Waals surface area (Å²) in [6.45, 7) is 4.50. The number of hydrogen-bond donors (Lipinski definition) is 4. The van der Waals surface area contributed by atoms with Crippen LogP contribution in [0.15, 0.2) is 79.0 Å². The van der Waals surface area contributed by atoms with Gasteiger partial charge in [-0.1, -0.05) is 48.5 Å². The summed E-state index contributed by atoms with van der Waals surface area (Å²) < 4.78 is 0. The van der Waals surface area contributed by atoms with Gasteiger partial charge in [0.1, 0.15) is 0 Å². The monoisotopic (exact) mass is 628 g/mol. The molecule has 5 aromatic rings. The number of aromatic nitrogens is 2. The zero-order valence-corrected chi connectivity index (χ0v) is 27.0. The van der Waals surface area contributed by atoms with Crippen molar-refractivity contribution in [2.45, 2.75) is 51.5 Å². The number of nitrogens with one attached hydrogen (secondary N) is 4. The summed E-state index contributed by atoms with van der Waals surface area (Å²) >= 11 is 0.